The molecule has 0 aromatic heterocycles. The van der Waals surface area contributed by atoms with E-state index in [0.29, 0.717) is 17.7 Å². The molecule has 0 radical (unpaired) electrons. The maximum absolute atomic E-state index is 12.5. The Bertz CT molecular complexity index is 650. The van der Waals surface area contributed by atoms with E-state index in [0.717, 1.165) is 6.26 Å². The quantitative estimate of drug-likeness (QED) is 0.778. The zero-order valence-electron chi connectivity index (χ0n) is 13.7. The van der Waals surface area contributed by atoms with Crippen molar-refractivity contribution >= 4 is 21.7 Å². The molecule has 23 heavy (non-hydrogen) atoms. The molecule has 128 valence electrons. The van der Waals surface area contributed by atoms with Gasteiger partial charge in [0.25, 0.3) is 5.91 Å². The average molecular weight is 341 g/mol. The minimum absolute atomic E-state index is 0.0732. The molecule has 0 atom stereocenters. The van der Waals surface area contributed by atoms with Crippen molar-refractivity contribution in [3.05, 3.63) is 35.4 Å². The number of carbonyl (C=O) groups is 2. The molecule has 7 heteroatoms. The van der Waals surface area contributed by atoms with Crippen LogP contribution < -0.4 is 0 Å². The molecular formula is C16H23NO5S. The first-order chi connectivity index (χ1) is 10.6. The Kier molecular flexibility index (Phi) is 6.75. The van der Waals surface area contributed by atoms with Gasteiger partial charge in [-0.05, 0) is 23.6 Å². The second kappa shape index (κ2) is 8.10. The fourth-order valence-corrected chi connectivity index (χ4v) is 2.97. The number of aliphatic carboxylic acids is 1. The van der Waals surface area contributed by atoms with Crippen LogP contribution in [0.15, 0.2) is 24.3 Å². The van der Waals surface area contributed by atoms with Gasteiger partial charge in [0.1, 0.15) is 0 Å². The van der Waals surface area contributed by atoms with E-state index < -0.39 is 15.8 Å². The molecule has 1 rings (SSSR count). The molecule has 1 N–H and O–H groups in total. The molecule has 0 aliphatic carbocycles. The predicted octanol–water partition coefficient (Wildman–Crippen LogP) is 1.80. The highest BCUT2D eigenvalue weighted by molar-refractivity contribution is 7.89. The summed E-state index contributed by atoms with van der Waals surface area (Å²) in [6, 6.07) is 6.38. The standard InChI is InChI=1S/C16H23NO5S/c1-12(2)10-17(9-8-15(18)19)16(20)14-6-4-13(5-7-14)11-23(3,21)22/h4-7,12H,8-11H2,1-3H3,(H,18,19). The van der Waals surface area contributed by atoms with E-state index in [4.69, 9.17) is 5.11 Å². The molecule has 1 aromatic carbocycles. The second-order valence-electron chi connectivity index (χ2n) is 6.06. The van der Waals surface area contributed by atoms with Crippen molar-refractivity contribution in [2.75, 3.05) is 19.3 Å². The highest BCUT2D eigenvalue weighted by Crippen LogP contribution is 2.12. The van der Waals surface area contributed by atoms with Gasteiger partial charge in [-0.15, -0.1) is 0 Å². The minimum atomic E-state index is -3.12. The van der Waals surface area contributed by atoms with Gasteiger partial charge >= 0.3 is 5.97 Å². The molecule has 6 nitrogen and oxygen atoms in total. The van der Waals surface area contributed by atoms with Crippen LogP contribution in [0.2, 0.25) is 0 Å². The molecule has 0 aliphatic heterocycles. The first-order valence-corrected chi connectivity index (χ1v) is 9.42. The number of carbonyl (C=O) groups excluding carboxylic acids is 1. The molecule has 0 fully saturated rings. The normalized spacial score (nSPS) is 11.5. The Morgan fingerprint density at radius 2 is 1.74 bits per heavy atom. The van der Waals surface area contributed by atoms with E-state index in [-0.39, 0.29) is 30.5 Å². The number of amides is 1. The summed E-state index contributed by atoms with van der Waals surface area (Å²) in [4.78, 5) is 24.8. The SMILES string of the molecule is CC(C)CN(CCC(=O)O)C(=O)c1ccc(CS(C)(=O)=O)cc1. The van der Waals surface area contributed by atoms with Crippen molar-refractivity contribution < 1.29 is 23.1 Å². The van der Waals surface area contributed by atoms with Crippen LogP contribution in [0.4, 0.5) is 0 Å². The van der Waals surface area contributed by atoms with Crippen LogP contribution in [0, 0.1) is 5.92 Å². The monoisotopic (exact) mass is 341 g/mol. The summed E-state index contributed by atoms with van der Waals surface area (Å²) in [6.07, 6.45) is 1.05. The summed E-state index contributed by atoms with van der Waals surface area (Å²) in [5.74, 6) is -1.05. The minimum Gasteiger partial charge on any atom is -0.481 e. The topological polar surface area (TPSA) is 91.8 Å². The van der Waals surface area contributed by atoms with Gasteiger partial charge in [0.15, 0.2) is 9.84 Å². The summed E-state index contributed by atoms with van der Waals surface area (Å²) in [7, 11) is -3.12. The van der Waals surface area contributed by atoms with Crippen molar-refractivity contribution in [1.82, 2.24) is 4.90 Å². The van der Waals surface area contributed by atoms with Crippen molar-refractivity contribution in [3.8, 4) is 0 Å². The van der Waals surface area contributed by atoms with Gasteiger partial charge in [-0.25, -0.2) is 8.42 Å². The van der Waals surface area contributed by atoms with Gasteiger partial charge < -0.3 is 10.0 Å². The molecule has 0 saturated heterocycles. The number of rotatable bonds is 8. The van der Waals surface area contributed by atoms with Gasteiger partial charge in [-0.2, -0.15) is 0 Å². The Morgan fingerprint density at radius 3 is 2.17 bits per heavy atom. The van der Waals surface area contributed by atoms with Crippen LogP contribution in [0.25, 0.3) is 0 Å². The first-order valence-electron chi connectivity index (χ1n) is 7.36. The molecule has 0 spiro atoms. The number of sulfone groups is 1. The number of nitrogens with zero attached hydrogens (tertiary/aromatic N) is 1. The average Bonchev–Trinajstić information content (AvgIpc) is 2.41. The molecular weight excluding hydrogens is 318 g/mol. The molecule has 1 amide bonds. The first kappa shape index (κ1) is 19.2. The van der Waals surface area contributed by atoms with E-state index in [2.05, 4.69) is 0 Å². The lowest BCUT2D eigenvalue weighted by Crippen LogP contribution is -2.36. The molecule has 0 saturated carbocycles. The van der Waals surface area contributed by atoms with E-state index in [1.165, 1.54) is 4.90 Å². The Balaban J connectivity index is 2.88. The van der Waals surface area contributed by atoms with E-state index in [1.807, 2.05) is 13.8 Å². The highest BCUT2D eigenvalue weighted by atomic mass is 32.2. The van der Waals surface area contributed by atoms with Gasteiger partial charge in [0.05, 0.1) is 12.2 Å². The summed E-state index contributed by atoms with van der Waals surface area (Å²) in [6.45, 7) is 4.53. The van der Waals surface area contributed by atoms with Crippen LogP contribution in [0.1, 0.15) is 36.2 Å². The summed E-state index contributed by atoms with van der Waals surface area (Å²) in [5, 5.41) is 8.80. The van der Waals surface area contributed by atoms with Crippen molar-refractivity contribution in [2.24, 2.45) is 5.92 Å². The van der Waals surface area contributed by atoms with Crippen LogP contribution in [0.3, 0.4) is 0 Å². The number of carboxylic acids is 1. The zero-order chi connectivity index (χ0) is 17.6. The maximum Gasteiger partial charge on any atom is 0.305 e. The molecule has 0 aliphatic rings. The summed E-state index contributed by atoms with van der Waals surface area (Å²) < 4.78 is 22.5. The molecule has 0 bridgehead atoms. The van der Waals surface area contributed by atoms with Crippen LogP contribution >= 0.6 is 0 Å². The Hall–Kier alpha value is -1.89. The van der Waals surface area contributed by atoms with Gasteiger partial charge in [-0.3, -0.25) is 9.59 Å². The van der Waals surface area contributed by atoms with E-state index in [1.54, 1.807) is 24.3 Å². The van der Waals surface area contributed by atoms with Crippen molar-refractivity contribution in [3.63, 3.8) is 0 Å². The number of hydrogen-bond donors (Lipinski definition) is 1. The third-order valence-corrected chi connectivity index (χ3v) is 3.96. The smallest absolute Gasteiger partial charge is 0.305 e. The van der Waals surface area contributed by atoms with Gasteiger partial charge in [0.2, 0.25) is 0 Å². The zero-order valence-corrected chi connectivity index (χ0v) is 14.5. The lowest BCUT2D eigenvalue weighted by atomic mass is 10.1. The molecule has 0 unspecified atom stereocenters. The van der Waals surface area contributed by atoms with Gasteiger partial charge in [0, 0.05) is 24.9 Å². The fourth-order valence-electron chi connectivity index (χ4n) is 2.18. The Labute approximate surface area is 137 Å². The number of benzene rings is 1. The van der Waals surface area contributed by atoms with Crippen molar-refractivity contribution in [2.45, 2.75) is 26.0 Å². The largest absolute Gasteiger partial charge is 0.481 e. The van der Waals surface area contributed by atoms with E-state index >= 15 is 0 Å². The Morgan fingerprint density at radius 1 is 1.17 bits per heavy atom. The lowest BCUT2D eigenvalue weighted by Gasteiger charge is -2.24. The number of hydrogen-bond acceptors (Lipinski definition) is 4. The number of carboxylic acid groups (broad SMARTS) is 1. The lowest BCUT2D eigenvalue weighted by molar-refractivity contribution is -0.137. The second-order valence-corrected chi connectivity index (χ2v) is 8.20. The summed E-state index contributed by atoms with van der Waals surface area (Å²) >= 11 is 0. The van der Waals surface area contributed by atoms with Gasteiger partial charge in [-0.1, -0.05) is 26.0 Å². The van der Waals surface area contributed by atoms with Crippen molar-refractivity contribution in [1.29, 1.82) is 0 Å². The third kappa shape index (κ3) is 7.27. The summed E-state index contributed by atoms with van der Waals surface area (Å²) in [5.41, 5.74) is 1.04. The van der Waals surface area contributed by atoms with Crippen LogP contribution in [0.5, 0.6) is 0 Å². The third-order valence-electron chi connectivity index (χ3n) is 3.10. The molecule has 0 heterocycles. The van der Waals surface area contributed by atoms with E-state index in [9.17, 15) is 18.0 Å². The highest BCUT2D eigenvalue weighted by Gasteiger charge is 2.18. The maximum atomic E-state index is 12.5. The fraction of sp³-hybridized carbons (Fsp3) is 0.500. The predicted molar refractivity (Wildman–Crippen MR) is 88.0 cm³/mol. The van der Waals surface area contributed by atoms with Crippen LogP contribution in [-0.2, 0) is 20.4 Å². The van der Waals surface area contributed by atoms with Crippen LogP contribution in [-0.4, -0.2) is 49.6 Å². The molecule has 1 aromatic rings.